The molecule has 0 fully saturated rings. The third-order valence-electron chi connectivity index (χ3n) is 3.24. The van der Waals surface area contributed by atoms with Gasteiger partial charge in [0.1, 0.15) is 0 Å². The first-order valence-corrected chi connectivity index (χ1v) is 7.25. The first kappa shape index (κ1) is 17.0. The van der Waals surface area contributed by atoms with Gasteiger partial charge in [0.05, 0.1) is 11.1 Å². The minimum Gasteiger partial charge on any atom is -0.478 e. The molecule has 0 aliphatic carbocycles. The van der Waals surface area contributed by atoms with E-state index in [0.29, 0.717) is 0 Å². The van der Waals surface area contributed by atoms with E-state index in [4.69, 9.17) is 10.2 Å². The zero-order chi connectivity index (χ0) is 17.4. The molecule has 0 aliphatic rings. The Hall–Kier alpha value is -3.40. The molecule has 0 atom stereocenters. The van der Waals surface area contributed by atoms with Crippen molar-refractivity contribution in [3.8, 4) is 11.1 Å². The summed E-state index contributed by atoms with van der Waals surface area (Å²) in [6.07, 6.45) is 0. The van der Waals surface area contributed by atoms with Crippen molar-refractivity contribution < 1.29 is 19.8 Å². The Morgan fingerprint density at radius 3 is 1.25 bits per heavy atom. The average Bonchev–Trinajstić information content (AvgIpc) is 2.64. The smallest absolute Gasteiger partial charge is 0.335 e. The Morgan fingerprint density at radius 1 is 0.542 bits per heavy atom. The first-order valence-electron chi connectivity index (χ1n) is 7.25. The predicted molar refractivity (Wildman–Crippen MR) is 92.2 cm³/mol. The maximum atomic E-state index is 10.4. The molecule has 24 heavy (non-hydrogen) atoms. The van der Waals surface area contributed by atoms with Gasteiger partial charge in [-0.1, -0.05) is 66.7 Å². The minimum atomic E-state index is -1.13. The number of rotatable bonds is 3. The minimum absolute atomic E-state index is 0.0186. The third kappa shape index (κ3) is 4.81. The zero-order valence-electron chi connectivity index (χ0n) is 12.8. The van der Waals surface area contributed by atoms with E-state index in [2.05, 4.69) is 48.5 Å². The summed E-state index contributed by atoms with van der Waals surface area (Å²) in [6.45, 7) is 0. The highest BCUT2D eigenvalue weighted by molar-refractivity contribution is 5.93. The van der Waals surface area contributed by atoms with E-state index in [0.717, 1.165) is 6.07 Å². The van der Waals surface area contributed by atoms with Gasteiger partial charge in [-0.15, -0.1) is 0 Å². The molecule has 3 rings (SSSR count). The van der Waals surface area contributed by atoms with Crippen molar-refractivity contribution in [2.75, 3.05) is 0 Å². The summed E-state index contributed by atoms with van der Waals surface area (Å²) in [5.74, 6) is -2.25. The molecule has 3 aromatic rings. The highest BCUT2D eigenvalue weighted by Gasteiger charge is 2.06. The molecule has 2 N–H and O–H groups in total. The van der Waals surface area contributed by atoms with Gasteiger partial charge in [-0.25, -0.2) is 9.59 Å². The van der Waals surface area contributed by atoms with Crippen LogP contribution in [0.15, 0.2) is 84.9 Å². The Labute approximate surface area is 139 Å². The van der Waals surface area contributed by atoms with Crippen molar-refractivity contribution >= 4 is 11.9 Å². The zero-order valence-corrected chi connectivity index (χ0v) is 12.8. The van der Waals surface area contributed by atoms with E-state index in [1.807, 2.05) is 12.1 Å². The number of aromatic carboxylic acids is 2. The number of hydrogen-bond donors (Lipinski definition) is 2. The lowest BCUT2D eigenvalue weighted by atomic mass is 10.1. The molecule has 0 saturated carbocycles. The normalized spacial score (nSPS) is 9.50. The molecule has 0 radical (unpaired) electrons. The summed E-state index contributed by atoms with van der Waals surface area (Å²) in [5, 5.41) is 17.0. The molecule has 0 bridgehead atoms. The van der Waals surface area contributed by atoms with Crippen molar-refractivity contribution in [3.05, 3.63) is 96.1 Å². The van der Waals surface area contributed by atoms with E-state index in [1.54, 1.807) is 0 Å². The van der Waals surface area contributed by atoms with Crippen LogP contribution < -0.4 is 0 Å². The van der Waals surface area contributed by atoms with Crippen LogP contribution in [0.5, 0.6) is 0 Å². The summed E-state index contributed by atoms with van der Waals surface area (Å²) in [6, 6.07) is 26.0. The fraction of sp³-hybridized carbons (Fsp3) is 0. The maximum absolute atomic E-state index is 10.4. The van der Waals surface area contributed by atoms with Crippen molar-refractivity contribution in [1.29, 1.82) is 0 Å². The van der Waals surface area contributed by atoms with Crippen LogP contribution in [-0.2, 0) is 0 Å². The molecule has 4 nitrogen and oxygen atoms in total. The first-order chi connectivity index (χ1) is 11.6. The van der Waals surface area contributed by atoms with Gasteiger partial charge in [0.2, 0.25) is 0 Å². The monoisotopic (exact) mass is 320 g/mol. The fourth-order valence-electron chi connectivity index (χ4n) is 2.05. The van der Waals surface area contributed by atoms with Gasteiger partial charge in [-0.2, -0.15) is 0 Å². The van der Waals surface area contributed by atoms with E-state index in [9.17, 15) is 9.59 Å². The summed E-state index contributed by atoms with van der Waals surface area (Å²) >= 11 is 0. The second-order valence-electron chi connectivity index (χ2n) is 4.92. The van der Waals surface area contributed by atoms with Crippen LogP contribution in [-0.4, -0.2) is 22.2 Å². The molecule has 120 valence electrons. The summed E-state index contributed by atoms with van der Waals surface area (Å²) in [4.78, 5) is 20.8. The van der Waals surface area contributed by atoms with Crippen molar-refractivity contribution in [2.24, 2.45) is 0 Å². The fourth-order valence-corrected chi connectivity index (χ4v) is 2.05. The van der Waals surface area contributed by atoms with Gasteiger partial charge in [0.25, 0.3) is 0 Å². The SMILES string of the molecule is O=C(O)c1cccc(C(=O)O)c1.c1ccc(-c2ccccc2)cc1. The number of benzene rings is 3. The lowest BCUT2D eigenvalue weighted by molar-refractivity contribution is 0.0696. The Balaban J connectivity index is 0.000000174. The molecule has 0 spiro atoms. The summed E-state index contributed by atoms with van der Waals surface area (Å²) in [7, 11) is 0. The molecule has 0 amide bonds. The van der Waals surface area contributed by atoms with E-state index in [1.165, 1.54) is 29.3 Å². The van der Waals surface area contributed by atoms with Gasteiger partial charge in [-0.3, -0.25) is 0 Å². The van der Waals surface area contributed by atoms with Crippen LogP contribution in [0.4, 0.5) is 0 Å². The second kappa shape index (κ2) is 8.29. The third-order valence-corrected chi connectivity index (χ3v) is 3.24. The van der Waals surface area contributed by atoms with Crippen LogP contribution in [0.2, 0.25) is 0 Å². The van der Waals surface area contributed by atoms with Crippen molar-refractivity contribution in [3.63, 3.8) is 0 Å². The van der Waals surface area contributed by atoms with Crippen LogP contribution in [0.25, 0.3) is 11.1 Å². The van der Waals surface area contributed by atoms with Gasteiger partial charge < -0.3 is 10.2 Å². The standard InChI is InChI=1S/C12H10.C8H6O4/c1-3-7-11(8-4-1)12-9-5-2-6-10-12;9-7(10)5-2-1-3-6(4-5)8(11)12/h1-10H;1-4H,(H,9,10)(H,11,12). The molecule has 0 saturated heterocycles. The number of carboxylic acid groups (broad SMARTS) is 2. The van der Waals surface area contributed by atoms with E-state index >= 15 is 0 Å². The largest absolute Gasteiger partial charge is 0.478 e. The number of hydrogen-bond acceptors (Lipinski definition) is 2. The lowest BCUT2D eigenvalue weighted by Crippen LogP contribution is -2.01. The van der Waals surface area contributed by atoms with Crippen LogP contribution >= 0.6 is 0 Å². The quantitative estimate of drug-likeness (QED) is 0.748. The second-order valence-corrected chi connectivity index (χ2v) is 4.92. The highest BCUT2D eigenvalue weighted by Crippen LogP contribution is 2.17. The molecular formula is C20H16O4. The topological polar surface area (TPSA) is 74.6 Å². The number of carbonyl (C=O) groups is 2. The van der Waals surface area contributed by atoms with E-state index in [-0.39, 0.29) is 11.1 Å². The maximum Gasteiger partial charge on any atom is 0.335 e. The van der Waals surface area contributed by atoms with E-state index < -0.39 is 11.9 Å². The Bertz CT molecular complexity index is 745. The number of carboxylic acids is 2. The van der Waals surface area contributed by atoms with Crippen LogP contribution in [0.3, 0.4) is 0 Å². The van der Waals surface area contributed by atoms with Gasteiger partial charge in [-0.05, 0) is 29.3 Å². The predicted octanol–water partition coefficient (Wildman–Crippen LogP) is 4.44. The van der Waals surface area contributed by atoms with Gasteiger partial charge in [0, 0.05) is 0 Å². The van der Waals surface area contributed by atoms with Gasteiger partial charge in [0.15, 0.2) is 0 Å². The highest BCUT2D eigenvalue weighted by atomic mass is 16.4. The molecule has 0 aliphatic heterocycles. The van der Waals surface area contributed by atoms with Crippen molar-refractivity contribution in [1.82, 2.24) is 0 Å². The van der Waals surface area contributed by atoms with Gasteiger partial charge >= 0.3 is 11.9 Å². The van der Waals surface area contributed by atoms with Crippen molar-refractivity contribution in [2.45, 2.75) is 0 Å². The lowest BCUT2D eigenvalue weighted by Gasteiger charge is -1.98. The molecular weight excluding hydrogens is 304 g/mol. The molecule has 0 heterocycles. The summed E-state index contributed by atoms with van der Waals surface area (Å²) in [5.41, 5.74) is 2.51. The molecule has 3 aromatic carbocycles. The van der Waals surface area contributed by atoms with Crippen LogP contribution in [0.1, 0.15) is 20.7 Å². The average molecular weight is 320 g/mol. The molecule has 4 heteroatoms. The Kier molecular flexibility index (Phi) is 5.86. The molecule has 0 unspecified atom stereocenters. The molecule has 0 aromatic heterocycles. The Morgan fingerprint density at radius 2 is 0.917 bits per heavy atom. The van der Waals surface area contributed by atoms with Crippen LogP contribution in [0, 0.1) is 0 Å². The summed E-state index contributed by atoms with van der Waals surface area (Å²) < 4.78 is 0.